The fourth-order valence-electron chi connectivity index (χ4n) is 4.04. The Morgan fingerprint density at radius 3 is 2.35 bits per heavy atom. The van der Waals surface area contributed by atoms with E-state index in [4.69, 9.17) is 9.72 Å². The third kappa shape index (κ3) is 4.72. The number of hydrogen-bond acceptors (Lipinski definition) is 6. The average Bonchev–Trinajstić information content (AvgIpc) is 2.77. The number of pyridine rings is 1. The number of carbonyl (C=O) groups excluding carboxylic acids is 1. The van der Waals surface area contributed by atoms with Gasteiger partial charge >= 0.3 is 0 Å². The molecule has 0 amide bonds. The molecule has 0 bridgehead atoms. The van der Waals surface area contributed by atoms with Crippen LogP contribution in [0.25, 0.3) is 27.6 Å². The van der Waals surface area contributed by atoms with Crippen molar-refractivity contribution in [1.82, 2.24) is 4.98 Å². The number of hydrogen-bond donors (Lipinski definition) is 1. The molecule has 34 heavy (non-hydrogen) atoms. The summed E-state index contributed by atoms with van der Waals surface area (Å²) in [5.74, 6) is 0.669. The number of nitrogens with one attached hydrogen (secondary N) is 1. The number of aliphatic imine (C=N–C) groups is 1. The van der Waals surface area contributed by atoms with E-state index in [9.17, 15) is 13.2 Å². The molecule has 1 aromatic heterocycles. The summed E-state index contributed by atoms with van der Waals surface area (Å²) >= 11 is 0. The van der Waals surface area contributed by atoms with Gasteiger partial charge in [-0.1, -0.05) is 32.9 Å². The summed E-state index contributed by atoms with van der Waals surface area (Å²) in [6.45, 7) is 6.42. The van der Waals surface area contributed by atoms with Gasteiger partial charge in [0.2, 0.25) is 10.0 Å². The molecule has 0 aliphatic carbocycles. The molecule has 1 aliphatic heterocycles. The Labute approximate surface area is 199 Å². The number of carbonyl (C=O) groups is 1. The molecule has 0 radical (unpaired) electrons. The molecular weight excluding hydrogens is 450 g/mol. The van der Waals surface area contributed by atoms with Crippen LogP contribution in [0.15, 0.2) is 53.7 Å². The van der Waals surface area contributed by atoms with Crippen molar-refractivity contribution in [3.05, 3.63) is 59.8 Å². The first kappa shape index (κ1) is 23.6. The van der Waals surface area contributed by atoms with Crippen LogP contribution >= 0.6 is 0 Å². The Kier molecular flexibility index (Phi) is 6.03. The van der Waals surface area contributed by atoms with E-state index >= 15 is 0 Å². The summed E-state index contributed by atoms with van der Waals surface area (Å²) in [4.78, 5) is 21.5. The van der Waals surface area contributed by atoms with Crippen LogP contribution in [0.4, 0.5) is 5.69 Å². The van der Waals surface area contributed by atoms with E-state index in [0.717, 1.165) is 33.9 Å². The third-order valence-corrected chi connectivity index (χ3v) is 6.23. The minimum Gasteiger partial charge on any atom is -0.496 e. The predicted octanol–water partition coefficient (Wildman–Crippen LogP) is 4.62. The third-order valence-electron chi connectivity index (χ3n) is 5.63. The highest BCUT2D eigenvalue weighted by atomic mass is 32.2. The van der Waals surface area contributed by atoms with E-state index in [1.54, 1.807) is 37.7 Å². The first-order chi connectivity index (χ1) is 16.0. The zero-order valence-electron chi connectivity index (χ0n) is 19.8. The van der Waals surface area contributed by atoms with Gasteiger partial charge in [0.05, 0.1) is 18.9 Å². The number of sulfonamides is 1. The van der Waals surface area contributed by atoms with Crippen molar-refractivity contribution in [1.29, 1.82) is 0 Å². The number of ether oxygens (including phenoxy) is 1. The zero-order valence-corrected chi connectivity index (χ0v) is 20.7. The van der Waals surface area contributed by atoms with Gasteiger partial charge in [0.15, 0.2) is 5.78 Å². The van der Waals surface area contributed by atoms with Crippen molar-refractivity contribution in [2.24, 2.45) is 4.99 Å². The highest BCUT2D eigenvalue weighted by Gasteiger charge is 2.26. The Balaban J connectivity index is 1.93. The molecule has 0 saturated heterocycles. The quantitative estimate of drug-likeness (QED) is 0.578. The minimum atomic E-state index is -3.35. The van der Waals surface area contributed by atoms with Gasteiger partial charge in [-0.25, -0.2) is 8.42 Å². The normalized spacial score (nSPS) is 14.3. The number of methoxy groups -OCH3 is 1. The van der Waals surface area contributed by atoms with E-state index in [-0.39, 0.29) is 17.7 Å². The summed E-state index contributed by atoms with van der Waals surface area (Å²) < 4.78 is 31.3. The average molecular weight is 478 g/mol. The maximum Gasteiger partial charge on any atom is 0.229 e. The van der Waals surface area contributed by atoms with Crippen molar-refractivity contribution in [2.45, 2.75) is 26.2 Å². The molecule has 2 heterocycles. The second-order valence-corrected chi connectivity index (χ2v) is 11.1. The molecule has 7 nitrogen and oxygen atoms in total. The Morgan fingerprint density at radius 2 is 1.76 bits per heavy atom. The molecule has 1 N–H and O–H groups in total. The minimum absolute atomic E-state index is 0.0475. The van der Waals surface area contributed by atoms with E-state index < -0.39 is 10.0 Å². The fourth-order valence-corrected chi connectivity index (χ4v) is 4.61. The number of rotatable bonds is 5. The van der Waals surface area contributed by atoms with Crippen LogP contribution in [0.1, 0.15) is 31.9 Å². The fraction of sp³-hybridized carbons (Fsp3) is 0.269. The standard InChI is InChI=1S/C26H27N3O4S/c1-26(2,3)22-13-20(19-10-11-27-15-23(19)30)24-21(25(22)33-4)12-17(14-28-24)16-6-8-18(9-7-16)29-34(5,31)32/h6-14,29H,15H2,1-5H3. The van der Waals surface area contributed by atoms with E-state index in [1.165, 1.54) is 0 Å². The molecular formula is C26H27N3O4S. The van der Waals surface area contributed by atoms with Crippen molar-refractivity contribution in [3.63, 3.8) is 0 Å². The SMILES string of the molecule is COc1c(C(C)(C)C)cc(C2=CC=NCC2=O)c2ncc(-c3ccc(NS(C)(=O)=O)cc3)cc12. The number of aromatic nitrogens is 1. The van der Waals surface area contributed by atoms with Gasteiger partial charge < -0.3 is 4.74 Å². The number of nitrogens with zero attached hydrogens (tertiary/aromatic N) is 2. The molecule has 0 fully saturated rings. The lowest BCUT2D eigenvalue weighted by atomic mass is 9.82. The van der Waals surface area contributed by atoms with Crippen LogP contribution in [-0.4, -0.2) is 45.3 Å². The molecule has 0 unspecified atom stereocenters. The maximum atomic E-state index is 12.7. The van der Waals surface area contributed by atoms with Gasteiger partial charge in [0.25, 0.3) is 0 Å². The van der Waals surface area contributed by atoms with E-state index in [2.05, 4.69) is 30.5 Å². The Hall–Kier alpha value is -3.52. The molecule has 0 atom stereocenters. The summed E-state index contributed by atoms with van der Waals surface area (Å²) in [7, 11) is -1.71. The number of allylic oxidation sites excluding steroid dienone is 1. The highest BCUT2D eigenvalue weighted by Crippen LogP contribution is 2.42. The van der Waals surface area contributed by atoms with Crippen LogP contribution < -0.4 is 9.46 Å². The Morgan fingerprint density at radius 1 is 1.06 bits per heavy atom. The van der Waals surface area contributed by atoms with Gasteiger partial charge in [-0.2, -0.15) is 0 Å². The lowest BCUT2D eigenvalue weighted by Crippen LogP contribution is -2.16. The molecule has 4 rings (SSSR count). The number of anilines is 1. The van der Waals surface area contributed by atoms with Gasteiger partial charge in [-0.3, -0.25) is 19.5 Å². The lowest BCUT2D eigenvalue weighted by molar-refractivity contribution is -0.112. The lowest BCUT2D eigenvalue weighted by Gasteiger charge is -2.25. The highest BCUT2D eigenvalue weighted by molar-refractivity contribution is 7.92. The molecule has 0 saturated carbocycles. The first-order valence-electron chi connectivity index (χ1n) is 10.8. The van der Waals surface area contributed by atoms with Crippen molar-refractivity contribution >= 4 is 44.2 Å². The maximum absolute atomic E-state index is 12.7. The van der Waals surface area contributed by atoms with Crippen LogP contribution in [0.3, 0.4) is 0 Å². The number of dihydropyridines is 1. The second-order valence-electron chi connectivity index (χ2n) is 9.32. The number of fused-ring (bicyclic) bond motifs is 1. The summed E-state index contributed by atoms with van der Waals surface area (Å²) in [6.07, 6.45) is 6.26. The second kappa shape index (κ2) is 8.68. The van der Waals surface area contributed by atoms with Gasteiger partial charge in [0, 0.05) is 45.7 Å². The molecule has 8 heteroatoms. The number of ketones is 1. The van der Waals surface area contributed by atoms with Crippen LogP contribution in [0.2, 0.25) is 0 Å². The molecule has 2 aromatic carbocycles. The Bertz CT molecular complexity index is 1450. The van der Waals surface area contributed by atoms with Crippen LogP contribution in [-0.2, 0) is 20.2 Å². The smallest absolute Gasteiger partial charge is 0.229 e. The van der Waals surface area contributed by atoms with Crippen molar-refractivity contribution in [2.75, 3.05) is 24.6 Å². The largest absolute Gasteiger partial charge is 0.496 e. The summed E-state index contributed by atoms with van der Waals surface area (Å²) in [6, 6.07) is 11.1. The van der Waals surface area contributed by atoms with Crippen LogP contribution in [0, 0.1) is 0 Å². The predicted molar refractivity (Wildman–Crippen MR) is 137 cm³/mol. The summed E-state index contributed by atoms with van der Waals surface area (Å²) in [5.41, 5.74) is 4.96. The molecule has 3 aromatic rings. The molecule has 176 valence electrons. The monoisotopic (exact) mass is 477 g/mol. The van der Waals surface area contributed by atoms with Crippen LogP contribution in [0.5, 0.6) is 5.75 Å². The number of benzene rings is 2. The van der Waals surface area contributed by atoms with Crippen molar-refractivity contribution < 1.29 is 17.9 Å². The summed E-state index contributed by atoms with van der Waals surface area (Å²) in [5, 5.41) is 0.803. The van der Waals surface area contributed by atoms with Gasteiger partial charge in [0.1, 0.15) is 12.3 Å². The van der Waals surface area contributed by atoms with Gasteiger partial charge in [-0.05, 0) is 41.3 Å². The molecule has 1 aliphatic rings. The van der Waals surface area contributed by atoms with Crippen molar-refractivity contribution in [3.8, 4) is 16.9 Å². The van der Waals surface area contributed by atoms with Gasteiger partial charge in [-0.15, -0.1) is 0 Å². The van der Waals surface area contributed by atoms with E-state index in [0.29, 0.717) is 22.5 Å². The van der Waals surface area contributed by atoms with E-state index in [1.807, 2.05) is 24.3 Å². The molecule has 0 spiro atoms. The zero-order chi connectivity index (χ0) is 24.7. The number of Topliss-reactive ketones (excluding diaryl/α,β-unsaturated/α-hetero) is 1. The first-order valence-corrected chi connectivity index (χ1v) is 12.7. The topological polar surface area (TPSA) is 97.7 Å².